The first-order valence-corrected chi connectivity index (χ1v) is 15.4. The minimum atomic E-state index is -0.862. The van der Waals surface area contributed by atoms with Crippen molar-refractivity contribution < 1.29 is 14.7 Å². The number of aromatic nitrogens is 1. The number of allylic oxidation sites excluding steroid dienone is 4. The van der Waals surface area contributed by atoms with Crippen molar-refractivity contribution in [2.45, 2.75) is 64.5 Å². The number of para-hydroxylation sites is 1. The molecule has 0 atom stereocenters. The molecule has 0 radical (unpaired) electrons. The van der Waals surface area contributed by atoms with Gasteiger partial charge < -0.3 is 14.6 Å². The maximum atomic E-state index is 13.4. The number of carboxylic acid groups (broad SMARTS) is 1. The Bertz CT molecular complexity index is 1660. The second-order valence-electron chi connectivity index (χ2n) is 11.6. The molecular weight excluding hydrogens is 532 g/mol. The van der Waals surface area contributed by atoms with Crippen LogP contribution in [-0.4, -0.2) is 21.6 Å². The predicted molar refractivity (Wildman–Crippen MR) is 173 cm³/mol. The minimum absolute atomic E-state index is 0.0614. The highest BCUT2D eigenvalue weighted by Gasteiger charge is 2.24. The summed E-state index contributed by atoms with van der Waals surface area (Å²) in [6, 6.07) is 27.7. The normalized spacial score (nSPS) is 16.0. The average molecular weight is 571 g/mol. The Balaban J connectivity index is 0.000000185. The van der Waals surface area contributed by atoms with E-state index in [1.165, 1.54) is 59.9 Å². The summed E-state index contributed by atoms with van der Waals surface area (Å²) in [5.74, 6) is -0.801. The first kappa shape index (κ1) is 28.5. The number of carbonyl (C=O) groups is 2. The number of carboxylic acids is 1. The Morgan fingerprint density at radius 3 is 1.81 bits per heavy atom. The van der Waals surface area contributed by atoms with Gasteiger partial charge >= 0.3 is 5.97 Å². The molecule has 5 nitrogen and oxygen atoms in total. The van der Waals surface area contributed by atoms with Crippen molar-refractivity contribution in [1.29, 1.82) is 0 Å². The van der Waals surface area contributed by atoms with Crippen LogP contribution in [0.1, 0.15) is 94.5 Å². The number of anilines is 1. The SMILES string of the molecule is O=C(O)c1ccc(C2=CCCCC2)cc1.O=C(c1ccc(C2=CCCCC2)cc1)N1Cc2cccn2Cc2ccccc21. The van der Waals surface area contributed by atoms with Gasteiger partial charge in [-0.1, -0.05) is 54.6 Å². The average Bonchev–Trinajstić information content (AvgIpc) is 3.44. The van der Waals surface area contributed by atoms with Gasteiger partial charge in [-0.25, -0.2) is 4.79 Å². The molecule has 0 fully saturated rings. The Kier molecular flexibility index (Phi) is 8.69. The summed E-state index contributed by atoms with van der Waals surface area (Å²) in [6.45, 7) is 1.39. The molecule has 4 aromatic rings. The molecule has 2 aliphatic carbocycles. The molecule has 5 heteroatoms. The van der Waals surface area contributed by atoms with Crippen LogP contribution in [0, 0.1) is 0 Å². The Morgan fingerprint density at radius 2 is 1.23 bits per heavy atom. The second kappa shape index (κ2) is 13.1. The molecule has 2 heterocycles. The number of aromatic carboxylic acids is 1. The van der Waals surface area contributed by atoms with E-state index < -0.39 is 5.97 Å². The number of carbonyl (C=O) groups excluding carboxylic acids is 1. The van der Waals surface area contributed by atoms with E-state index in [1.807, 2.05) is 41.3 Å². The molecule has 0 spiro atoms. The number of hydrogen-bond acceptors (Lipinski definition) is 2. The van der Waals surface area contributed by atoms with Crippen molar-refractivity contribution in [3.05, 3.63) is 137 Å². The van der Waals surface area contributed by atoms with E-state index in [0.717, 1.165) is 42.8 Å². The highest BCUT2D eigenvalue weighted by Crippen LogP contribution is 2.31. The van der Waals surface area contributed by atoms with Crippen LogP contribution in [0.4, 0.5) is 5.69 Å². The fourth-order valence-electron chi connectivity index (χ4n) is 6.28. The molecule has 43 heavy (non-hydrogen) atoms. The van der Waals surface area contributed by atoms with Gasteiger partial charge in [-0.2, -0.15) is 0 Å². The summed E-state index contributed by atoms with van der Waals surface area (Å²) in [7, 11) is 0. The van der Waals surface area contributed by atoms with E-state index >= 15 is 0 Å². The highest BCUT2D eigenvalue weighted by atomic mass is 16.4. The van der Waals surface area contributed by atoms with Gasteiger partial charge in [-0.3, -0.25) is 4.79 Å². The van der Waals surface area contributed by atoms with Gasteiger partial charge in [0.2, 0.25) is 0 Å². The molecule has 1 aromatic heterocycles. The van der Waals surface area contributed by atoms with Crippen molar-refractivity contribution in [2.75, 3.05) is 4.90 Å². The van der Waals surface area contributed by atoms with Crippen LogP contribution in [0.5, 0.6) is 0 Å². The van der Waals surface area contributed by atoms with Gasteiger partial charge in [0, 0.05) is 29.7 Å². The largest absolute Gasteiger partial charge is 0.478 e. The van der Waals surface area contributed by atoms with Crippen LogP contribution in [-0.2, 0) is 13.1 Å². The van der Waals surface area contributed by atoms with Crippen molar-refractivity contribution in [3.63, 3.8) is 0 Å². The molecule has 3 aliphatic rings. The van der Waals surface area contributed by atoms with E-state index in [1.54, 1.807) is 12.1 Å². The molecule has 0 unspecified atom stereocenters. The topological polar surface area (TPSA) is 62.5 Å². The first-order valence-electron chi connectivity index (χ1n) is 15.4. The lowest BCUT2D eigenvalue weighted by Crippen LogP contribution is -2.30. The lowest BCUT2D eigenvalue weighted by atomic mass is 9.93. The first-order chi connectivity index (χ1) is 21.1. The Morgan fingerprint density at radius 1 is 0.628 bits per heavy atom. The van der Waals surface area contributed by atoms with Gasteiger partial charge in [0.05, 0.1) is 12.1 Å². The van der Waals surface area contributed by atoms with Crippen LogP contribution in [0.25, 0.3) is 11.1 Å². The van der Waals surface area contributed by atoms with Crippen LogP contribution < -0.4 is 4.90 Å². The van der Waals surface area contributed by atoms with E-state index in [4.69, 9.17) is 5.11 Å². The molecule has 0 saturated heterocycles. The van der Waals surface area contributed by atoms with Gasteiger partial charge in [-0.05, 0) is 122 Å². The number of benzene rings is 3. The smallest absolute Gasteiger partial charge is 0.335 e. The highest BCUT2D eigenvalue weighted by molar-refractivity contribution is 6.06. The fraction of sp³-hybridized carbons (Fsp3) is 0.263. The Hall–Kier alpha value is -4.64. The number of rotatable bonds is 4. The maximum absolute atomic E-state index is 13.4. The molecule has 0 saturated carbocycles. The summed E-state index contributed by atoms with van der Waals surface area (Å²) in [5, 5.41) is 8.77. The second-order valence-corrected chi connectivity index (χ2v) is 11.6. The monoisotopic (exact) mass is 570 g/mol. The van der Waals surface area contributed by atoms with Crippen molar-refractivity contribution in [3.8, 4) is 0 Å². The fourth-order valence-corrected chi connectivity index (χ4v) is 6.28. The molecule has 218 valence electrons. The summed E-state index contributed by atoms with van der Waals surface area (Å²) in [5.41, 5.74) is 9.64. The van der Waals surface area contributed by atoms with E-state index in [-0.39, 0.29) is 5.91 Å². The van der Waals surface area contributed by atoms with E-state index in [2.05, 4.69) is 59.3 Å². The lowest BCUT2D eigenvalue weighted by Gasteiger charge is -2.23. The number of amides is 1. The zero-order chi connectivity index (χ0) is 29.6. The van der Waals surface area contributed by atoms with Gasteiger partial charge in [-0.15, -0.1) is 0 Å². The van der Waals surface area contributed by atoms with Crippen LogP contribution >= 0.6 is 0 Å². The quantitative estimate of drug-likeness (QED) is 0.266. The summed E-state index contributed by atoms with van der Waals surface area (Å²) >= 11 is 0. The third kappa shape index (κ3) is 6.56. The molecule has 1 N–H and O–H groups in total. The number of nitrogens with zero attached hydrogens (tertiary/aromatic N) is 2. The zero-order valence-corrected chi connectivity index (χ0v) is 24.5. The van der Waals surface area contributed by atoms with Gasteiger partial charge in [0.15, 0.2) is 0 Å². The molecule has 1 aliphatic heterocycles. The van der Waals surface area contributed by atoms with Crippen LogP contribution in [0.2, 0.25) is 0 Å². The number of fused-ring (bicyclic) bond motifs is 2. The molecule has 1 amide bonds. The third-order valence-electron chi connectivity index (χ3n) is 8.70. The van der Waals surface area contributed by atoms with Crippen molar-refractivity contribution >= 4 is 28.7 Å². The zero-order valence-electron chi connectivity index (χ0n) is 24.5. The number of hydrogen-bond donors (Lipinski definition) is 1. The molecule has 7 rings (SSSR count). The predicted octanol–water partition coefficient (Wildman–Crippen LogP) is 9.00. The molecule has 3 aromatic carbocycles. The maximum Gasteiger partial charge on any atom is 0.335 e. The minimum Gasteiger partial charge on any atom is -0.478 e. The van der Waals surface area contributed by atoms with E-state index in [9.17, 15) is 9.59 Å². The summed E-state index contributed by atoms with van der Waals surface area (Å²) in [6.07, 6.45) is 16.3. The summed E-state index contributed by atoms with van der Waals surface area (Å²) in [4.78, 5) is 26.0. The van der Waals surface area contributed by atoms with Crippen LogP contribution in [0.3, 0.4) is 0 Å². The summed E-state index contributed by atoms with van der Waals surface area (Å²) < 4.78 is 2.23. The Labute approximate surface area is 253 Å². The van der Waals surface area contributed by atoms with Gasteiger partial charge in [0.25, 0.3) is 5.91 Å². The van der Waals surface area contributed by atoms with Gasteiger partial charge in [0.1, 0.15) is 0 Å². The molecule has 0 bridgehead atoms. The lowest BCUT2D eigenvalue weighted by molar-refractivity contribution is 0.0696. The molecular formula is C38H38N2O3. The van der Waals surface area contributed by atoms with E-state index in [0.29, 0.717) is 12.1 Å². The standard InChI is InChI=1S/C25H24N2O.C13H14O2/c28-25(21-14-12-20(13-15-21)19-7-2-1-3-8-19)27-18-23-10-6-16-26(23)17-22-9-4-5-11-24(22)27;14-13(15)12-8-6-11(7-9-12)10-4-2-1-3-5-10/h4-7,9-16H,1-3,8,17-18H2;4,6-9H,1-3,5H2,(H,14,15). The third-order valence-corrected chi connectivity index (χ3v) is 8.70. The van der Waals surface area contributed by atoms with Crippen molar-refractivity contribution in [2.24, 2.45) is 0 Å². The van der Waals surface area contributed by atoms with Crippen molar-refractivity contribution in [1.82, 2.24) is 4.57 Å². The van der Waals surface area contributed by atoms with Crippen LogP contribution in [0.15, 0.2) is 103 Å².